The Morgan fingerprint density at radius 2 is 1.88 bits per heavy atom. The summed E-state index contributed by atoms with van der Waals surface area (Å²) in [6.45, 7) is 0. The van der Waals surface area contributed by atoms with Crippen molar-refractivity contribution in [3.05, 3.63) is 57.5 Å². The number of rotatable bonds is 2. The lowest BCUT2D eigenvalue weighted by Gasteiger charge is -2.12. The first-order valence-corrected chi connectivity index (χ1v) is 5.81. The molecule has 3 nitrogen and oxygen atoms in total. The Bertz CT molecular complexity index is 490. The van der Waals surface area contributed by atoms with Crippen molar-refractivity contribution in [1.82, 2.24) is 9.97 Å². The van der Waals surface area contributed by atoms with Crippen LogP contribution in [0.5, 0.6) is 0 Å². The van der Waals surface area contributed by atoms with Gasteiger partial charge in [-0.1, -0.05) is 17.7 Å². The maximum absolute atomic E-state index is 6.08. The molecule has 0 spiro atoms. The number of aromatic nitrogens is 2. The summed E-state index contributed by atoms with van der Waals surface area (Å²) in [4.78, 5) is 7.88. The molecule has 0 radical (unpaired) electrons. The molecule has 5 heteroatoms. The monoisotopic (exact) mass is 297 g/mol. The minimum Gasteiger partial charge on any atom is -0.320 e. The Labute approximate surface area is 107 Å². The van der Waals surface area contributed by atoms with Crippen LogP contribution >= 0.6 is 27.5 Å². The molecule has 0 aliphatic rings. The molecule has 0 aliphatic heterocycles. The van der Waals surface area contributed by atoms with Crippen LogP contribution < -0.4 is 5.73 Å². The highest BCUT2D eigenvalue weighted by Crippen LogP contribution is 2.27. The van der Waals surface area contributed by atoms with Crippen molar-refractivity contribution in [2.24, 2.45) is 5.73 Å². The standard InChI is InChI=1S/C11H9BrClN3/c12-9-2-1-7(3-10(9)13)11(14)8-4-15-6-16-5-8/h1-6,11H,14H2. The first kappa shape index (κ1) is 11.5. The number of hydrogen-bond donors (Lipinski definition) is 1. The van der Waals surface area contributed by atoms with Crippen LogP contribution in [0.1, 0.15) is 17.2 Å². The van der Waals surface area contributed by atoms with Gasteiger partial charge in [0.25, 0.3) is 0 Å². The van der Waals surface area contributed by atoms with Crippen molar-refractivity contribution in [1.29, 1.82) is 0 Å². The summed E-state index contributed by atoms with van der Waals surface area (Å²) in [6, 6.07) is 5.38. The van der Waals surface area contributed by atoms with Gasteiger partial charge in [-0.05, 0) is 33.6 Å². The highest BCUT2D eigenvalue weighted by molar-refractivity contribution is 9.10. The zero-order chi connectivity index (χ0) is 11.5. The van der Waals surface area contributed by atoms with E-state index in [9.17, 15) is 0 Å². The van der Waals surface area contributed by atoms with Crippen molar-refractivity contribution < 1.29 is 0 Å². The summed E-state index contributed by atoms with van der Waals surface area (Å²) in [5.41, 5.74) is 7.88. The summed E-state index contributed by atoms with van der Waals surface area (Å²) < 4.78 is 0.856. The summed E-state index contributed by atoms with van der Waals surface area (Å²) >= 11 is 9.35. The first-order valence-electron chi connectivity index (χ1n) is 4.64. The number of nitrogens with zero attached hydrogens (tertiary/aromatic N) is 2. The van der Waals surface area contributed by atoms with Gasteiger partial charge < -0.3 is 5.73 Å². The smallest absolute Gasteiger partial charge is 0.115 e. The predicted octanol–water partition coefficient (Wildman–Crippen LogP) is 2.94. The molecule has 0 amide bonds. The second kappa shape index (κ2) is 4.91. The van der Waals surface area contributed by atoms with Crippen LogP contribution in [0, 0.1) is 0 Å². The Morgan fingerprint density at radius 1 is 1.19 bits per heavy atom. The molecule has 2 N–H and O–H groups in total. The van der Waals surface area contributed by atoms with Crippen LogP contribution in [0.2, 0.25) is 5.02 Å². The highest BCUT2D eigenvalue weighted by atomic mass is 79.9. The van der Waals surface area contributed by atoms with Gasteiger partial charge in [-0.3, -0.25) is 0 Å². The molecule has 1 aromatic heterocycles. The summed E-state index contributed by atoms with van der Waals surface area (Å²) in [5.74, 6) is 0. The maximum Gasteiger partial charge on any atom is 0.115 e. The molecule has 16 heavy (non-hydrogen) atoms. The van der Waals surface area contributed by atoms with Crippen molar-refractivity contribution >= 4 is 27.5 Å². The molecule has 1 atom stereocenters. The van der Waals surface area contributed by atoms with Gasteiger partial charge in [0.15, 0.2) is 0 Å². The molecule has 0 fully saturated rings. The van der Waals surface area contributed by atoms with E-state index < -0.39 is 0 Å². The Hall–Kier alpha value is -0.970. The van der Waals surface area contributed by atoms with Gasteiger partial charge in [0, 0.05) is 22.4 Å². The molecule has 0 bridgehead atoms. The normalized spacial score (nSPS) is 12.4. The molecule has 0 saturated carbocycles. The predicted molar refractivity (Wildman–Crippen MR) is 67.2 cm³/mol. The zero-order valence-corrected chi connectivity index (χ0v) is 10.6. The molecule has 2 aromatic rings. The molecule has 2 rings (SSSR count). The minimum absolute atomic E-state index is 0.258. The van der Waals surface area contributed by atoms with Crippen LogP contribution in [-0.4, -0.2) is 9.97 Å². The van der Waals surface area contributed by atoms with Gasteiger partial charge in [-0.2, -0.15) is 0 Å². The van der Waals surface area contributed by atoms with Crippen LogP contribution in [-0.2, 0) is 0 Å². The number of benzene rings is 1. The SMILES string of the molecule is NC(c1cncnc1)c1ccc(Br)c(Cl)c1. The van der Waals surface area contributed by atoms with Crippen LogP contribution in [0.15, 0.2) is 41.4 Å². The summed E-state index contributed by atoms with van der Waals surface area (Å²) in [7, 11) is 0. The second-order valence-corrected chi connectivity index (χ2v) is 4.58. The molecule has 0 saturated heterocycles. The van der Waals surface area contributed by atoms with E-state index in [0.29, 0.717) is 5.02 Å². The largest absolute Gasteiger partial charge is 0.320 e. The number of nitrogens with two attached hydrogens (primary N) is 1. The van der Waals surface area contributed by atoms with Gasteiger partial charge in [-0.15, -0.1) is 0 Å². The molecule has 0 aliphatic carbocycles. The van der Waals surface area contributed by atoms with Crippen LogP contribution in [0.3, 0.4) is 0 Å². The fourth-order valence-corrected chi connectivity index (χ4v) is 1.81. The van der Waals surface area contributed by atoms with Gasteiger partial charge in [0.05, 0.1) is 11.1 Å². The Kier molecular flexibility index (Phi) is 3.53. The third-order valence-electron chi connectivity index (χ3n) is 2.24. The van der Waals surface area contributed by atoms with E-state index in [0.717, 1.165) is 15.6 Å². The molecule has 1 unspecified atom stereocenters. The molecular weight excluding hydrogens is 289 g/mol. The van der Waals surface area contributed by atoms with E-state index in [4.69, 9.17) is 17.3 Å². The molecular formula is C11H9BrClN3. The quantitative estimate of drug-likeness (QED) is 0.927. The highest BCUT2D eigenvalue weighted by Gasteiger charge is 2.10. The topological polar surface area (TPSA) is 51.8 Å². The average Bonchev–Trinajstić information content (AvgIpc) is 2.33. The van der Waals surface area contributed by atoms with Crippen molar-refractivity contribution in [3.8, 4) is 0 Å². The van der Waals surface area contributed by atoms with Crippen molar-refractivity contribution in [2.45, 2.75) is 6.04 Å². The summed E-state index contributed by atoms with van der Waals surface area (Å²) in [5, 5.41) is 0.643. The fourth-order valence-electron chi connectivity index (χ4n) is 1.37. The summed E-state index contributed by atoms with van der Waals surface area (Å²) in [6.07, 6.45) is 4.88. The van der Waals surface area contributed by atoms with Crippen molar-refractivity contribution in [2.75, 3.05) is 0 Å². The van der Waals surface area contributed by atoms with Gasteiger partial charge in [0.2, 0.25) is 0 Å². The minimum atomic E-state index is -0.258. The third kappa shape index (κ3) is 2.40. The second-order valence-electron chi connectivity index (χ2n) is 3.32. The molecule has 82 valence electrons. The third-order valence-corrected chi connectivity index (χ3v) is 3.47. The zero-order valence-electron chi connectivity index (χ0n) is 8.27. The van der Waals surface area contributed by atoms with E-state index in [-0.39, 0.29) is 6.04 Å². The van der Waals surface area contributed by atoms with E-state index in [1.165, 1.54) is 6.33 Å². The van der Waals surface area contributed by atoms with Crippen molar-refractivity contribution in [3.63, 3.8) is 0 Å². The lowest BCUT2D eigenvalue weighted by atomic mass is 10.0. The Balaban J connectivity index is 2.34. The lowest BCUT2D eigenvalue weighted by Crippen LogP contribution is -2.12. The maximum atomic E-state index is 6.08. The molecule has 1 heterocycles. The lowest BCUT2D eigenvalue weighted by molar-refractivity contribution is 0.850. The van der Waals surface area contributed by atoms with Crippen LogP contribution in [0.25, 0.3) is 0 Å². The van der Waals surface area contributed by atoms with E-state index in [1.54, 1.807) is 12.4 Å². The van der Waals surface area contributed by atoms with Gasteiger partial charge in [0.1, 0.15) is 6.33 Å². The molecule has 1 aromatic carbocycles. The Morgan fingerprint density at radius 3 is 2.50 bits per heavy atom. The van der Waals surface area contributed by atoms with E-state index in [2.05, 4.69) is 25.9 Å². The van der Waals surface area contributed by atoms with Crippen LogP contribution in [0.4, 0.5) is 0 Å². The van der Waals surface area contributed by atoms with E-state index in [1.807, 2.05) is 18.2 Å². The number of halogens is 2. The van der Waals surface area contributed by atoms with Gasteiger partial charge >= 0.3 is 0 Å². The number of hydrogen-bond acceptors (Lipinski definition) is 3. The fraction of sp³-hybridized carbons (Fsp3) is 0.0909. The average molecular weight is 299 g/mol. The van der Waals surface area contributed by atoms with E-state index >= 15 is 0 Å². The van der Waals surface area contributed by atoms with Gasteiger partial charge in [-0.25, -0.2) is 9.97 Å². The first-order chi connectivity index (χ1) is 7.68.